The molecule has 1 aromatic carbocycles. The topological polar surface area (TPSA) is 21.3 Å². The van der Waals surface area contributed by atoms with Gasteiger partial charge in [0.15, 0.2) is 0 Å². The monoisotopic (exact) mass is 295 g/mol. The van der Waals surface area contributed by atoms with Gasteiger partial charge in [-0.15, -0.1) is 11.3 Å². The van der Waals surface area contributed by atoms with E-state index in [9.17, 15) is 0 Å². The van der Waals surface area contributed by atoms with Crippen molar-refractivity contribution in [3.63, 3.8) is 0 Å². The highest BCUT2D eigenvalue weighted by atomic mass is 35.5. The van der Waals surface area contributed by atoms with E-state index in [0.717, 1.165) is 28.6 Å². The molecule has 0 unspecified atom stereocenters. The first kappa shape index (κ1) is 14.2. The summed E-state index contributed by atoms with van der Waals surface area (Å²) in [6, 6.07) is 6.10. The third-order valence-corrected chi connectivity index (χ3v) is 4.51. The fraction of sp³-hybridized carbons (Fsp3) is 0.333. The quantitative estimate of drug-likeness (QED) is 0.862. The maximum absolute atomic E-state index is 6.10. The third kappa shape index (κ3) is 3.23. The van der Waals surface area contributed by atoms with Gasteiger partial charge < -0.3 is 10.1 Å². The molecule has 4 heteroatoms. The largest absolute Gasteiger partial charge is 0.495 e. The van der Waals surface area contributed by atoms with E-state index in [0.29, 0.717) is 0 Å². The minimum absolute atomic E-state index is 0.727. The molecule has 1 aromatic heterocycles. The molecule has 0 radical (unpaired) electrons. The number of halogens is 1. The van der Waals surface area contributed by atoms with Crippen LogP contribution < -0.4 is 10.1 Å². The highest BCUT2D eigenvalue weighted by Gasteiger charge is 2.08. The number of thiophene rings is 1. The van der Waals surface area contributed by atoms with Crippen LogP contribution in [0.3, 0.4) is 0 Å². The number of rotatable bonds is 4. The number of hydrogen-bond acceptors (Lipinski definition) is 3. The lowest BCUT2D eigenvalue weighted by Crippen LogP contribution is -2.02. The van der Waals surface area contributed by atoms with Gasteiger partial charge in [-0.2, -0.15) is 0 Å². The minimum Gasteiger partial charge on any atom is -0.495 e. The average molecular weight is 296 g/mol. The van der Waals surface area contributed by atoms with Crippen LogP contribution in [-0.4, -0.2) is 7.11 Å². The molecule has 0 saturated heterocycles. The Labute approximate surface area is 123 Å². The van der Waals surface area contributed by atoms with Crippen LogP contribution in [0.4, 0.5) is 5.69 Å². The molecule has 102 valence electrons. The number of ether oxygens (including phenoxy) is 1. The van der Waals surface area contributed by atoms with Gasteiger partial charge in [0.25, 0.3) is 0 Å². The predicted molar refractivity (Wildman–Crippen MR) is 83.9 cm³/mol. The summed E-state index contributed by atoms with van der Waals surface area (Å²) in [7, 11) is 1.66. The van der Waals surface area contributed by atoms with Crippen LogP contribution in [0.15, 0.2) is 18.2 Å². The summed E-state index contributed by atoms with van der Waals surface area (Å²) in [5.41, 5.74) is 3.35. The summed E-state index contributed by atoms with van der Waals surface area (Å²) >= 11 is 7.93. The molecule has 2 nitrogen and oxygen atoms in total. The summed E-state index contributed by atoms with van der Waals surface area (Å²) in [6.07, 6.45) is 0. The lowest BCUT2D eigenvalue weighted by molar-refractivity contribution is 0.416. The van der Waals surface area contributed by atoms with Crippen molar-refractivity contribution in [2.45, 2.75) is 27.3 Å². The SMILES string of the molecule is COc1cc(Cl)c(C)cc1NCc1cc(C)sc1C. The Morgan fingerprint density at radius 1 is 1.21 bits per heavy atom. The number of nitrogens with one attached hydrogen (secondary N) is 1. The second-order valence-corrected chi connectivity index (χ2v) is 6.46. The Bertz CT molecular complexity index is 592. The highest BCUT2D eigenvalue weighted by Crippen LogP contribution is 2.31. The molecule has 0 saturated carbocycles. The molecule has 0 amide bonds. The molecular weight excluding hydrogens is 278 g/mol. The molecule has 0 fully saturated rings. The van der Waals surface area contributed by atoms with Crippen molar-refractivity contribution >= 4 is 28.6 Å². The zero-order chi connectivity index (χ0) is 14.0. The normalized spacial score (nSPS) is 10.6. The van der Waals surface area contributed by atoms with Gasteiger partial charge in [0, 0.05) is 27.4 Å². The van der Waals surface area contributed by atoms with Crippen LogP contribution in [0.25, 0.3) is 0 Å². The first-order valence-electron chi connectivity index (χ1n) is 6.15. The van der Waals surface area contributed by atoms with E-state index in [4.69, 9.17) is 16.3 Å². The maximum atomic E-state index is 6.10. The fourth-order valence-electron chi connectivity index (χ4n) is 2.02. The molecular formula is C15H18ClNOS. The fourth-order valence-corrected chi connectivity index (χ4v) is 3.12. The molecule has 0 aliphatic rings. The summed E-state index contributed by atoms with van der Waals surface area (Å²) in [5.74, 6) is 0.778. The predicted octanol–water partition coefficient (Wildman–Crippen LogP) is 4.95. The van der Waals surface area contributed by atoms with Crippen molar-refractivity contribution in [3.8, 4) is 5.75 Å². The zero-order valence-electron chi connectivity index (χ0n) is 11.6. The molecule has 0 bridgehead atoms. The van der Waals surface area contributed by atoms with E-state index in [1.165, 1.54) is 15.3 Å². The maximum Gasteiger partial charge on any atom is 0.143 e. The van der Waals surface area contributed by atoms with Crippen LogP contribution in [0, 0.1) is 20.8 Å². The average Bonchev–Trinajstić information content (AvgIpc) is 2.68. The Morgan fingerprint density at radius 2 is 1.95 bits per heavy atom. The van der Waals surface area contributed by atoms with Crippen molar-refractivity contribution in [2.24, 2.45) is 0 Å². The second kappa shape index (κ2) is 5.85. The van der Waals surface area contributed by atoms with Crippen LogP contribution in [-0.2, 0) is 6.54 Å². The van der Waals surface area contributed by atoms with E-state index in [-0.39, 0.29) is 0 Å². The van der Waals surface area contributed by atoms with Gasteiger partial charge >= 0.3 is 0 Å². The van der Waals surface area contributed by atoms with E-state index >= 15 is 0 Å². The zero-order valence-corrected chi connectivity index (χ0v) is 13.2. The van der Waals surface area contributed by atoms with Gasteiger partial charge in [-0.1, -0.05) is 11.6 Å². The van der Waals surface area contributed by atoms with Gasteiger partial charge in [-0.05, 0) is 44.0 Å². The summed E-state index contributed by atoms with van der Waals surface area (Å²) in [4.78, 5) is 2.70. The molecule has 1 heterocycles. The van der Waals surface area contributed by atoms with Crippen molar-refractivity contribution in [1.82, 2.24) is 0 Å². The van der Waals surface area contributed by atoms with Gasteiger partial charge in [0.05, 0.1) is 12.8 Å². The number of anilines is 1. The van der Waals surface area contributed by atoms with Crippen molar-refractivity contribution in [2.75, 3.05) is 12.4 Å². The molecule has 1 N–H and O–H groups in total. The molecule has 2 aromatic rings. The summed E-state index contributed by atoms with van der Waals surface area (Å²) in [6.45, 7) is 7.08. The van der Waals surface area contributed by atoms with Gasteiger partial charge in [0.2, 0.25) is 0 Å². The molecule has 0 atom stereocenters. The molecule has 0 aliphatic heterocycles. The van der Waals surface area contributed by atoms with E-state index in [1.807, 2.05) is 30.4 Å². The van der Waals surface area contributed by atoms with E-state index < -0.39 is 0 Å². The number of hydrogen-bond donors (Lipinski definition) is 1. The summed E-state index contributed by atoms with van der Waals surface area (Å²) < 4.78 is 5.36. The Morgan fingerprint density at radius 3 is 2.53 bits per heavy atom. The molecule has 0 spiro atoms. The summed E-state index contributed by atoms with van der Waals surface area (Å²) in [5, 5.41) is 4.15. The molecule has 19 heavy (non-hydrogen) atoms. The van der Waals surface area contributed by atoms with Crippen molar-refractivity contribution < 1.29 is 4.74 Å². The highest BCUT2D eigenvalue weighted by molar-refractivity contribution is 7.12. The Balaban J connectivity index is 2.19. The Hall–Kier alpha value is -1.19. The molecule has 0 aliphatic carbocycles. The van der Waals surface area contributed by atoms with Crippen LogP contribution >= 0.6 is 22.9 Å². The van der Waals surface area contributed by atoms with Gasteiger partial charge in [-0.25, -0.2) is 0 Å². The smallest absolute Gasteiger partial charge is 0.143 e. The van der Waals surface area contributed by atoms with Gasteiger partial charge in [0.1, 0.15) is 5.75 Å². The van der Waals surface area contributed by atoms with Crippen LogP contribution in [0.2, 0.25) is 5.02 Å². The second-order valence-electron chi connectivity index (χ2n) is 4.59. The lowest BCUT2D eigenvalue weighted by Gasteiger charge is -2.13. The number of aryl methyl sites for hydroxylation is 3. The Kier molecular flexibility index (Phi) is 4.38. The minimum atomic E-state index is 0.727. The third-order valence-electron chi connectivity index (χ3n) is 3.09. The van der Waals surface area contributed by atoms with Crippen LogP contribution in [0.1, 0.15) is 20.9 Å². The number of methoxy groups -OCH3 is 1. The first-order chi connectivity index (χ1) is 9.01. The van der Waals surface area contributed by atoms with Crippen molar-refractivity contribution in [1.29, 1.82) is 0 Å². The van der Waals surface area contributed by atoms with Crippen LogP contribution in [0.5, 0.6) is 5.75 Å². The standard InChI is InChI=1S/C15H18ClNOS/c1-9-5-14(15(18-4)7-13(9)16)17-8-12-6-10(2)19-11(12)3/h5-7,17H,8H2,1-4H3. The molecule has 2 rings (SSSR count). The van der Waals surface area contributed by atoms with E-state index in [1.54, 1.807) is 7.11 Å². The van der Waals surface area contributed by atoms with Gasteiger partial charge in [-0.3, -0.25) is 0 Å². The number of benzene rings is 1. The lowest BCUT2D eigenvalue weighted by atomic mass is 10.2. The van der Waals surface area contributed by atoms with E-state index in [2.05, 4.69) is 25.2 Å². The first-order valence-corrected chi connectivity index (χ1v) is 7.34. The van der Waals surface area contributed by atoms with Crippen molar-refractivity contribution in [3.05, 3.63) is 44.1 Å².